The van der Waals surface area contributed by atoms with Gasteiger partial charge in [-0.2, -0.15) is 0 Å². The fraction of sp³-hybridized carbons (Fsp3) is 0.350. The van der Waals surface area contributed by atoms with Crippen molar-refractivity contribution < 1.29 is 9.53 Å². The monoisotopic (exact) mass is 343 g/mol. The van der Waals surface area contributed by atoms with Gasteiger partial charge in [-0.1, -0.05) is 48.0 Å². The van der Waals surface area contributed by atoms with Crippen LogP contribution in [0.15, 0.2) is 54.6 Å². The van der Waals surface area contributed by atoms with Crippen molar-refractivity contribution >= 4 is 17.5 Å². The second-order valence-electron chi connectivity index (χ2n) is 6.31. The van der Waals surface area contributed by atoms with Gasteiger partial charge in [-0.15, -0.1) is 0 Å². The Bertz CT molecular complexity index is 679. The number of ether oxygens (including phenoxy) is 1. The molecular weight excluding hydrogens is 322 g/mol. The molecule has 0 bridgehead atoms. The summed E-state index contributed by atoms with van der Waals surface area (Å²) in [6.07, 6.45) is 2.92. The number of halogens is 1. The Labute approximate surface area is 148 Å². The summed E-state index contributed by atoms with van der Waals surface area (Å²) in [5, 5.41) is 3.68. The molecule has 1 heterocycles. The standard InChI is InChI=1S/C20H22ClNO2/c21-18-9-4-6-16(14-18)19(23)22-15-20(10-5-12-24-13-11-20)17-7-2-1-3-8-17/h1-4,6-9,14H,5,10-13,15H2,(H,22,23)/t20-/m1/s1. The van der Waals surface area contributed by atoms with Crippen molar-refractivity contribution in [1.82, 2.24) is 5.32 Å². The Morgan fingerprint density at radius 3 is 2.71 bits per heavy atom. The maximum absolute atomic E-state index is 12.5. The molecule has 1 N–H and O–H groups in total. The largest absolute Gasteiger partial charge is 0.381 e. The summed E-state index contributed by atoms with van der Waals surface area (Å²) < 4.78 is 5.65. The van der Waals surface area contributed by atoms with Crippen LogP contribution in [0.25, 0.3) is 0 Å². The molecule has 0 saturated carbocycles. The number of amides is 1. The highest BCUT2D eigenvalue weighted by atomic mass is 35.5. The number of benzene rings is 2. The third-order valence-electron chi connectivity index (χ3n) is 4.73. The summed E-state index contributed by atoms with van der Waals surface area (Å²) in [7, 11) is 0. The molecule has 1 amide bonds. The number of carbonyl (C=O) groups excluding carboxylic acids is 1. The zero-order chi connectivity index (χ0) is 16.8. The lowest BCUT2D eigenvalue weighted by Gasteiger charge is -2.33. The Morgan fingerprint density at radius 2 is 1.92 bits per heavy atom. The van der Waals surface area contributed by atoms with Crippen LogP contribution < -0.4 is 5.32 Å². The molecule has 3 rings (SSSR count). The summed E-state index contributed by atoms with van der Waals surface area (Å²) in [6, 6.07) is 17.5. The molecule has 24 heavy (non-hydrogen) atoms. The molecular formula is C20H22ClNO2. The van der Waals surface area contributed by atoms with Crippen molar-refractivity contribution in [2.24, 2.45) is 0 Å². The van der Waals surface area contributed by atoms with Gasteiger partial charge in [-0.3, -0.25) is 4.79 Å². The molecule has 1 atom stereocenters. The Morgan fingerprint density at radius 1 is 1.08 bits per heavy atom. The number of rotatable bonds is 4. The average molecular weight is 344 g/mol. The molecule has 3 nitrogen and oxygen atoms in total. The van der Waals surface area contributed by atoms with Crippen LogP contribution in [0.1, 0.15) is 35.2 Å². The highest BCUT2D eigenvalue weighted by molar-refractivity contribution is 6.30. The molecule has 0 spiro atoms. The van der Waals surface area contributed by atoms with Crippen LogP contribution in [0, 0.1) is 0 Å². The van der Waals surface area contributed by atoms with Crippen LogP contribution in [-0.4, -0.2) is 25.7 Å². The topological polar surface area (TPSA) is 38.3 Å². The van der Waals surface area contributed by atoms with Crippen LogP contribution in [0.4, 0.5) is 0 Å². The SMILES string of the molecule is O=C(NC[C@@]1(c2ccccc2)CCCOCC1)c1cccc(Cl)c1. The van der Waals surface area contributed by atoms with Crippen molar-refractivity contribution in [2.45, 2.75) is 24.7 Å². The summed E-state index contributed by atoms with van der Waals surface area (Å²) in [4.78, 5) is 12.5. The summed E-state index contributed by atoms with van der Waals surface area (Å²) in [5.74, 6) is -0.0852. The van der Waals surface area contributed by atoms with E-state index in [1.165, 1.54) is 5.56 Å². The minimum Gasteiger partial charge on any atom is -0.381 e. The molecule has 0 radical (unpaired) electrons. The third kappa shape index (κ3) is 3.97. The van der Waals surface area contributed by atoms with Gasteiger partial charge >= 0.3 is 0 Å². The van der Waals surface area contributed by atoms with E-state index in [-0.39, 0.29) is 11.3 Å². The van der Waals surface area contributed by atoms with E-state index in [9.17, 15) is 4.79 Å². The lowest BCUT2D eigenvalue weighted by molar-refractivity contribution is 0.0937. The molecule has 0 aromatic heterocycles. The van der Waals surface area contributed by atoms with Gasteiger partial charge in [0.15, 0.2) is 0 Å². The van der Waals surface area contributed by atoms with Crippen molar-refractivity contribution in [3.05, 3.63) is 70.7 Å². The van der Waals surface area contributed by atoms with E-state index >= 15 is 0 Å². The van der Waals surface area contributed by atoms with Crippen LogP contribution in [0.3, 0.4) is 0 Å². The van der Waals surface area contributed by atoms with E-state index in [2.05, 4.69) is 29.6 Å². The smallest absolute Gasteiger partial charge is 0.251 e. The zero-order valence-corrected chi connectivity index (χ0v) is 14.4. The van der Waals surface area contributed by atoms with Gasteiger partial charge in [0.25, 0.3) is 5.91 Å². The van der Waals surface area contributed by atoms with E-state index < -0.39 is 0 Å². The fourth-order valence-corrected chi connectivity index (χ4v) is 3.54. The predicted molar refractivity (Wildman–Crippen MR) is 96.6 cm³/mol. The molecule has 1 saturated heterocycles. The molecule has 0 unspecified atom stereocenters. The molecule has 1 fully saturated rings. The molecule has 1 aliphatic rings. The summed E-state index contributed by atoms with van der Waals surface area (Å²) in [5.41, 5.74) is 1.78. The van der Waals surface area contributed by atoms with Crippen LogP contribution in [-0.2, 0) is 10.2 Å². The van der Waals surface area contributed by atoms with Gasteiger partial charge in [0, 0.05) is 35.8 Å². The van der Waals surface area contributed by atoms with Gasteiger partial charge in [-0.25, -0.2) is 0 Å². The van der Waals surface area contributed by atoms with Crippen molar-refractivity contribution in [2.75, 3.05) is 19.8 Å². The van der Waals surface area contributed by atoms with Gasteiger partial charge < -0.3 is 10.1 Å². The van der Waals surface area contributed by atoms with Crippen LogP contribution in [0.5, 0.6) is 0 Å². The summed E-state index contributed by atoms with van der Waals surface area (Å²) >= 11 is 5.99. The minimum atomic E-state index is -0.0852. The Hall–Kier alpha value is -1.84. The third-order valence-corrected chi connectivity index (χ3v) is 4.96. The second-order valence-corrected chi connectivity index (χ2v) is 6.74. The highest BCUT2D eigenvalue weighted by Gasteiger charge is 2.33. The van der Waals surface area contributed by atoms with Gasteiger partial charge in [0.05, 0.1) is 0 Å². The lowest BCUT2D eigenvalue weighted by atomic mass is 9.74. The highest BCUT2D eigenvalue weighted by Crippen LogP contribution is 2.34. The van der Waals surface area contributed by atoms with Crippen molar-refractivity contribution in [3.8, 4) is 0 Å². The van der Waals surface area contributed by atoms with Crippen molar-refractivity contribution in [1.29, 1.82) is 0 Å². The van der Waals surface area contributed by atoms with E-state index in [0.717, 1.165) is 32.5 Å². The van der Waals surface area contributed by atoms with E-state index in [0.29, 0.717) is 17.1 Å². The van der Waals surface area contributed by atoms with Gasteiger partial charge in [0.1, 0.15) is 0 Å². The van der Waals surface area contributed by atoms with Gasteiger partial charge in [-0.05, 0) is 43.0 Å². The minimum absolute atomic E-state index is 0.0774. The summed E-state index contributed by atoms with van der Waals surface area (Å²) in [6.45, 7) is 2.12. The second kappa shape index (κ2) is 7.82. The lowest BCUT2D eigenvalue weighted by Crippen LogP contribution is -2.41. The fourth-order valence-electron chi connectivity index (χ4n) is 3.35. The zero-order valence-electron chi connectivity index (χ0n) is 13.6. The van der Waals surface area contributed by atoms with Crippen LogP contribution in [0.2, 0.25) is 5.02 Å². The first-order chi connectivity index (χ1) is 11.7. The van der Waals surface area contributed by atoms with E-state index in [1.54, 1.807) is 24.3 Å². The molecule has 1 aliphatic heterocycles. The molecule has 126 valence electrons. The van der Waals surface area contributed by atoms with Crippen LogP contribution >= 0.6 is 11.6 Å². The first-order valence-electron chi connectivity index (χ1n) is 8.37. The van der Waals surface area contributed by atoms with Gasteiger partial charge in [0.2, 0.25) is 0 Å². The Kier molecular flexibility index (Phi) is 5.54. The maximum atomic E-state index is 12.5. The molecule has 4 heteroatoms. The first kappa shape index (κ1) is 17.0. The average Bonchev–Trinajstić information content (AvgIpc) is 2.87. The molecule has 2 aromatic carbocycles. The van der Waals surface area contributed by atoms with Crippen molar-refractivity contribution in [3.63, 3.8) is 0 Å². The van der Waals surface area contributed by atoms with E-state index in [4.69, 9.17) is 16.3 Å². The predicted octanol–water partition coefficient (Wildman–Crippen LogP) is 4.21. The number of hydrogen-bond acceptors (Lipinski definition) is 2. The number of hydrogen-bond donors (Lipinski definition) is 1. The maximum Gasteiger partial charge on any atom is 0.251 e. The number of carbonyl (C=O) groups is 1. The molecule has 0 aliphatic carbocycles. The Balaban J connectivity index is 1.78. The normalized spacial score (nSPS) is 21.0. The van der Waals surface area contributed by atoms with E-state index in [1.807, 2.05) is 6.07 Å². The quantitative estimate of drug-likeness (QED) is 0.903. The number of nitrogens with one attached hydrogen (secondary N) is 1. The first-order valence-corrected chi connectivity index (χ1v) is 8.74. The molecule has 2 aromatic rings.